The van der Waals surface area contributed by atoms with E-state index in [1.165, 1.54) is 24.6 Å². The van der Waals surface area contributed by atoms with Gasteiger partial charge in [0.25, 0.3) is 0 Å². The summed E-state index contributed by atoms with van der Waals surface area (Å²) in [7, 11) is -3.79. The first-order valence-electron chi connectivity index (χ1n) is 9.04. The predicted molar refractivity (Wildman–Crippen MR) is 110 cm³/mol. The molecule has 2 heterocycles. The van der Waals surface area contributed by atoms with Crippen LogP contribution in [0.3, 0.4) is 0 Å². The highest BCUT2D eigenvalue weighted by molar-refractivity contribution is 7.89. The minimum atomic E-state index is -3.79. The summed E-state index contributed by atoms with van der Waals surface area (Å²) >= 11 is 11.9. The molecule has 0 amide bonds. The maximum absolute atomic E-state index is 12.4. The highest BCUT2D eigenvalue weighted by Gasteiger charge is 2.19. The number of aromatic nitrogens is 2. The zero-order valence-corrected chi connectivity index (χ0v) is 17.8. The number of anilines is 1. The monoisotopic (exact) mass is 444 g/mol. The van der Waals surface area contributed by atoms with Gasteiger partial charge in [-0.15, -0.1) is 0 Å². The molecule has 1 N–H and O–H groups in total. The number of nitrogens with one attached hydrogen (secondary N) is 1. The van der Waals surface area contributed by atoms with Crippen LogP contribution in [0.4, 0.5) is 5.82 Å². The van der Waals surface area contributed by atoms with Crippen LogP contribution in [-0.4, -0.2) is 44.6 Å². The second kappa shape index (κ2) is 9.26. The number of hydrogen-bond acceptors (Lipinski definition) is 6. The van der Waals surface area contributed by atoms with Gasteiger partial charge >= 0.3 is 0 Å². The lowest BCUT2D eigenvalue weighted by molar-refractivity contribution is 0.309. The molecule has 3 rings (SSSR count). The van der Waals surface area contributed by atoms with Crippen molar-refractivity contribution in [1.82, 2.24) is 14.7 Å². The molecule has 1 aliphatic heterocycles. The fourth-order valence-electron chi connectivity index (χ4n) is 2.99. The van der Waals surface area contributed by atoms with Crippen molar-refractivity contribution in [1.29, 1.82) is 0 Å². The van der Waals surface area contributed by atoms with E-state index in [1.54, 1.807) is 6.07 Å². The number of ether oxygens (including phenoxy) is 1. The van der Waals surface area contributed by atoms with Crippen molar-refractivity contribution < 1.29 is 13.2 Å². The Morgan fingerprint density at radius 2 is 1.93 bits per heavy atom. The van der Waals surface area contributed by atoms with Crippen LogP contribution < -0.4 is 14.4 Å². The van der Waals surface area contributed by atoms with E-state index in [9.17, 15) is 8.42 Å². The molecule has 1 saturated heterocycles. The third kappa shape index (κ3) is 5.26. The molecule has 1 fully saturated rings. The predicted octanol–water partition coefficient (Wildman–Crippen LogP) is 3.44. The van der Waals surface area contributed by atoms with Crippen molar-refractivity contribution in [3.63, 3.8) is 0 Å². The van der Waals surface area contributed by atoms with Gasteiger partial charge in [-0.05, 0) is 38.3 Å². The molecule has 0 atom stereocenters. The first-order valence-corrected chi connectivity index (χ1v) is 11.3. The molecule has 0 unspecified atom stereocenters. The Kier molecular flexibility index (Phi) is 6.98. The minimum absolute atomic E-state index is 0.00446. The third-order valence-electron chi connectivity index (χ3n) is 4.33. The Morgan fingerprint density at radius 1 is 1.18 bits per heavy atom. The van der Waals surface area contributed by atoms with Crippen molar-refractivity contribution in [3.05, 3.63) is 40.1 Å². The van der Waals surface area contributed by atoms with E-state index >= 15 is 0 Å². The second-order valence-electron chi connectivity index (χ2n) is 6.46. The smallest absolute Gasteiger partial charge is 0.242 e. The molecule has 0 bridgehead atoms. The summed E-state index contributed by atoms with van der Waals surface area (Å²) in [5.41, 5.74) is 0. The van der Waals surface area contributed by atoms with Crippen molar-refractivity contribution in [2.75, 3.05) is 31.1 Å². The standard InChI is InChI=1S/C18H22Cl2N4O3S/c1-13-22-16(24-9-3-2-4-10-24)12-17(23-13)27-11-8-21-28(25,26)15-7-5-6-14(19)18(15)20/h5-7,12,21H,2-4,8-11H2,1H3. The molecular formula is C18H22Cl2N4O3S. The van der Waals surface area contributed by atoms with Crippen molar-refractivity contribution >= 4 is 39.0 Å². The Bertz CT molecular complexity index is 934. The van der Waals surface area contributed by atoms with Crippen LogP contribution in [0.1, 0.15) is 25.1 Å². The molecule has 0 saturated carbocycles. The molecule has 1 aliphatic rings. The molecule has 152 valence electrons. The first kappa shape index (κ1) is 21.1. The van der Waals surface area contributed by atoms with Crippen LogP contribution in [0.15, 0.2) is 29.2 Å². The summed E-state index contributed by atoms with van der Waals surface area (Å²) in [5, 5.41) is 0.178. The van der Waals surface area contributed by atoms with Crippen molar-refractivity contribution in [3.8, 4) is 5.88 Å². The van der Waals surface area contributed by atoms with Gasteiger partial charge in [0.05, 0.1) is 10.0 Å². The zero-order valence-electron chi connectivity index (χ0n) is 15.5. The zero-order chi connectivity index (χ0) is 20.1. The maximum atomic E-state index is 12.4. The van der Waals surface area contributed by atoms with Crippen molar-refractivity contribution in [2.45, 2.75) is 31.1 Å². The fraction of sp³-hybridized carbons (Fsp3) is 0.444. The number of aryl methyl sites for hydroxylation is 1. The lowest BCUT2D eigenvalue weighted by Crippen LogP contribution is -2.30. The molecule has 2 aromatic rings. The number of halogens is 2. The number of nitrogens with zero attached hydrogens (tertiary/aromatic N) is 3. The summed E-state index contributed by atoms with van der Waals surface area (Å²) in [6.07, 6.45) is 3.53. The fourth-order valence-corrected chi connectivity index (χ4v) is 4.76. The lowest BCUT2D eigenvalue weighted by atomic mass is 10.1. The average molecular weight is 445 g/mol. The van der Waals surface area contributed by atoms with Crippen LogP contribution in [0, 0.1) is 6.92 Å². The van der Waals surface area contributed by atoms with Gasteiger partial charge in [-0.2, -0.15) is 4.98 Å². The van der Waals surface area contributed by atoms with Crippen LogP contribution in [-0.2, 0) is 10.0 Å². The van der Waals surface area contributed by atoms with E-state index < -0.39 is 10.0 Å². The van der Waals surface area contributed by atoms with Crippen LogP contribution >= 0.6 is 23.2 Å². The summed E-state index contributed by atoms with van der Waals surface area (Å²) in [6, 6.07) is 6.26. The van der Waals surface area contributed by atoms with Gasteiger partial charge in [-0.3, -0.25) is 0 Å². The Morgan fingerprint density at radius 3 is 2.68 bits per heavy atom. The van der Waals surface area contributed by atoms with E-state index in [4.69, 9.17) is 27.9 Å². The highest BCUT2D eigenvalue weighted by Crippen LogP contribution is 2.28. The van der Waals surface area contributed by atoms with Gasteiger partial charge in [0.15, 0.2) is 0 Å². The molecule has 7 nitrogen and oxygen atoms in total. The van der Waals surface area contributed by atoms with Gasteiger partial charge in [-0.25, -0.2) is 18.1 Å². The summed E-state index contributed by atoms with van der Waals surface area (Å²) in [6.45, 7) is 3.93. The van der Waals surface area contributed by atoms with Gasteiger partial charge in [0.2, 0.25) is 15.9 Å². The molecule has 0 spiro atoms. The number of hydrogen-bond donors (Lipinski definition) is 1. The maximum Gasteiger partial charge on any atom is 0.242 e. The quantitative estimate of drug-likeness (QED) is 0.658. The number of sulfonamides is 1. The van der Waals surface area contributed by atoms with E-state index in [0.29, 0.717) is 11.7 Å². The van der Waals surface area contributed by atoms with Gasteiger partial charge < -0.3 is 9.64 Å². The van der Waals surface area contributed by atoms with Gasteiger partial charge in [0, 0.05) is 25.7 Å². The van der Waals surface area contributed by atoms with E-state index in [1.807, 2.05) is 6.92 Å². The Hall–Kier alpha value is -1.61. The first-order chi connectivity index (χ1) is 13.4. The highest BCUT2D eigenvalue weighted by atomic mass is 35.5. The van der Waals surface area contributed by atoms with Gasteiger partial charge in [-0.1, -0.05) is 29.3 Å². The van der Waals surface area contributed by atoms with Crippen LogP contribution in [0.5, 0.6) is 5.88 Å². The topological polar surface area (TPSA) is 84.4 Å². The lowest BCUT2D eigenvalue weighted by Gasteiger charge is -2.28. The van der Waals surface area contributed by atoms with E-state index in [-0.39, 0.29) is 28.1 Å². The summed E-state index contributed by atoms with van der Waals surface area (Å²) in [4.78, 5) is 10.9. The van der Waals surface area contributed by atoms with Crippen LogP contribution in [0.25, 0.3) is 0 Å². The largest absolute Gasteiger partial charge is 0.476 e. The Labute approximate surface area is 175 Å². The Balaban J connectivity index is 1.59. The number of rotatable bonds is 7. The van der Waals surface area contributed by atoms with E-state index in [0.717, 1.165) is 31.7 Å². The molecule has 1 aromatic heterocycles. The summed E-state index contributed by atoms with van der Waals surface area (Å²) in [5.74, 6) is 1.88. The number of piperidine rings is 1. The van der Waals surface area contributed by atoms with Crippen molar-refractivity contribution in [2.24, 2.45) is 0 Å². The average Bonchev–Trinajstić information content (AvgIpc) is 2.67. The molecule has 0 radical (unpaired) electrons. The molecule has 0 aliphatic carbocycles. The molecular weight excluding hydrogens is 423 g/mol. The molecule has 1 aromatic carbocycles. The normalized spacial score (nSPS) is 14.9. The molecule has 10 heteroatoms. The summed E-state index contributed by atoms with van der Waals surface area (Å²) < 4.78 is 32.9. The van der Waals surface area contributed by atoms with E-state index in [2.05, 4.69) is 19.6 Å². The molecule has 28 heavy (non-hydrogen) atoms. The third-order valence-corrected chi connectivity index (χ3v) is 6.77. The van der Waals surface area contributed by atoms with Gasteiger partial charge in [0.1, 0.15) is 23.1 Å². The number of benzene rings is 1. The SMILES string of the molecule is Cc1nc(OCCNS(=O)(=O)c2cccc(Cl)c2Cl)cc(N2CCCCC2)n1. The minimum Gasteiger partial charge on any atom is -0.476 e. The second-order valence-corrected chi connectivity index (χ2v) is 8.98. The van der Waals surface area contributed by atoms with Crippen LogP contribution in [0.2, 0.25) is 10.0 Å².